The second-order valence-electron chi connectivity index (χ2n) is 14.0. The largest absolute Gasteiger partial charge is 0.496 e. The van der Waals surface area contributed by atoms with Crippen LogP contribution >= 0.6 is 54.5 Å². The van der Waals surface area contributed by atoms with Crippen LogP contribution in [0.1, 0.15) is 28.1 Å². The fourth-order valence-corrected chi connectivity index (χ4v) is 13.5. The number of aryl methyl sites for hydroxylation is 1. The van der Waals surface area contributed by atoms with E-state index in [2.05, 4.69) is 83.6 Å². The van der Waals surface area contributed by atoms with Crippen LogP contribution in [0.3, 0.4) is 0 Å². The molecule has 0 spiro atoms. The number of anilines is 2. The molecule has 0 atom stereocenters. The SMILES string of the molecule is COc1ccccc1Cc1csc(N2CCN(S(=O)(=O)c3ccccc3Br)CC2)n1.Cc1cccc(Cc2csc(N3CCN(S(=O)(=O)c4ccccc4Br)CC3)n2)c1. The molecule has 4 aromatic carbocycles. The van der Waals surface area contributed by atoms with Crippen LogP contribution in [-0.2, 0) is 32.9 Å². The van der Waals surface area contributed by atoms with E-state index in [9.17, 15) is 16.8 Å². The van der Waals surface area contributed by atoms with E-state index in [-0.39, 0.29) is 0 Å². The van der Waals surface area contributed by atoms with E-state index < -0.39 is 20.0 Å². The third-order valence-electron chi connectivity index (χ3n) is 10.0. The number of para-hydroxylation sites is 1. The van der Waals surface area contributed by atoms with Gasteiger partial charge in [0.05, 0.1) is 28.3 Å². The van der Waals surface area contributed by atoms with Crippen LogP contribution in [0.4, 0.5) is 10.3 Å². The molecule has 2 saturated heterocycles. The zero-order chi connectivity index (χ0) is 41.6. The molecule has 2 fully saturated rings. The Morgan fingerprint density at radius 3 is 1.58 bits per heavy atom. The molecule has 0 unspecified atom stereocenters. The minimum absolute atomic E-state index is 0.312. The van der Waals surface area contributed by atoms with Gasteiger partial charge in [-0.3, -0.25) is 0 Å². The molecule has 310 valence electrons. The Kier molecular flexibility index (Phi) is 14.2. The Bertz CT molecular complexity index is 2590. The minimum Gasteiger partial charge on any atom is -0.496 e. The van der Waals surface area contributed by atoms with Crippen molar-refractivity contribution in [3.05, 3.63) is 145 Å². The van der Waals surface area contributed by atoms with Crippen LogP contribution in [0.25, 0.3) is 0 Å². The summed E-state index contributed by atoms with van der Waals surface area (Å²) in [7, 11) is -5.33. The Morgan fingerprint density at radius 2 is 1.08 bits per heavy atom. The number of hydrogen-bond donors (Lipinski definition) is 0. The quantitative estimate of drug-likeness (QED) is 0.126. The number of sulfonamides is 2. The van der Waals surface area contributed by atoms with Crippen molar-refractivity contribution in [3.63, 3.8) is 0 Å². The summed E-state index contributed by atoms with van der Waals surface area (Å²) >= 11 is 9.93. The lowest BCUT2D eigenvalue weighted by Gasteiger charge is -2.34. The monoisotopic (exact) mass is 998 g/mol. The Balaban J connectivity index is 0.000000179. The van der Waals surface area contributed by atoms with E-state index in [4.69, 9.17) is 14.7 Å². The van der Waals surface area contributed by atoms with Crippen molar-refractivity contribution in [1.82, 2.24) is 18.6 Å². The molecule has 0 saturated carbocycles. The fourth-order valence-electron chi connectivity index (χ4n) is 6.95. The second kappa shape index (κ2) is 19.4. The van der Waals surface area contributed by atoms with Crippen molar-refractivity contribution in [1.29, 1.82) is 0 Å². The number of ether oxygens (including phenoxy) is 1. The molecule has 2 aliphatic heterocycles. The highest BCUT2D eigenvalue weighted by Crippen LogP contribution is 2.31. The van der Waals surface area contributed by atoms with E-state index >= 15 is 0 Å². The summed E-state index contributed by atoms with van der Waals surface area (Å²) in [5.41, 5.74) is 5.65. The highest BCUT2D eigenvalue weighted by Gasteiger charge is 2.32. The van der Waals surface area contributed by atoms with Crippen LogP contribution < -0.4 is 14.5 Å². The van der Waals surface area contributed by atoms with Crippen molar-refractivity contribution in [3.8, 4) is 5.75 Å². The van der Waals surface area contributed by atoms with Gasteiger partial charge in [-0.2, -0.15) is 8.61 Å². The number of piperazine rings is 2. The third-order valence-corrected chi connectivity index (χ3v) is 17.8. The molecular weight excluding hydrogens is 957 g/mol. The zero-order valence-corrected chi connectivity index (χ0v) is 39.0. The van der Waals surface area contributed by atoms with E-state index in [1.54, 1.807) is 74.8 Å². The molecule has 0 aliphatic carbocycles. The lowest BCUT2D eigenvalue weighted by Crippen LogP contribution is -2.48. The van der Waals surface area contributed by atoms with Crippen molar-refractivity contribution in [2.45, 2.75) is 29.6 Å². The molecule has 2 aromatic heterocycles. The summed E-state index contributed by atoms with van der Waals surface area (Å²) in [5.74, 6) is 0.859. The molecule has 2 aliphatic rings. The maximum absolute atomic E-state index is 13.0. The van der Waals surface area contributed by atoms with Crippen molar-refractivity contribution < 1.29 is 21.6 Å². The highest BCUT2D eigenvalue weighted by atomic mass is 79.9. The van der Waals surface area contributed by atoms with Gasteiger partial charge in [-0.25, -0.2) is 26.8 Å². The highest BCUT2D eigenvalue weighted by molar-refractivity contribution is 9.10. The molecule has 8 rings (SSSR count). The van der Waals surface area contributed by atoms with E-state index in [0.717, 1.165) is 39.4 Å². The van der Waals surface area contributed by atoms with Gasteiger partial charge in [0.1, 0.15) is 5.75 Å². The van der Waals surface area contributed by atoms with E-state index in [0.29, 0.717) is 77.5 Å². The topological polar surface area (TPSA) is 116 Å². The maximum atomic E-state index is 13.0. The molecule has 0 N–H and O–H groups in total. The van der Waals surface area contributed by atoms with E-state index in [1.165, 1.54) is 11.1 Å². The normalized spacial score (nSPS) is 15.5. The predicted molar refractivity (Wildman–Crippen MR) is 244 cm³/mol. The molecule has 4 heterocycles. The molecular formula is C42H44Br2N6O5S4. The number of aromatic nitrogens is 2. The summed E-state index contributed by atoms with van der Waals surface area (Å²) in [4.78, 5) is 14.5. The van der Waals surface area contributed by atoms with Crippen molar-refractivity contribution >= 4 is 84.8 Å². The summed E-state index contributed by atoms with van der Waals surface area (Å²) in [6.07, 6.45) is 1.52. The maximum Gasteiger partial charge on any atom is 0.244 e. The van der Waals surface area contributed by atoms with Gasteiger partial charge in [0, 0.05) is 90.5 Å². The van der Waals surface area contributed by atoms with Crippen LogP contribution in [0, 0.1) is 6.92 Å². The summed E-state index contributed by atoms with van der Waals surface area (Å²) < 4.78 is 61.6. The van der Waals surface area contributed by atoms with Gasteiger partial charge in [-0.15, -0.1) is 22.7 Å². The number of methoxy groups -OCH3 is 1. The van der Waals surface area contributed by atoms with Gasteiger partial charge in [0.2, 0.25) is 20.0 Å². The van der Waals surface area contributed by atoms with E-state index in [1.807, 2.05) is 36.4 Å². The van der Waals surface area contributed by atoms with Gasteiger partial charge in [0.25, 0.3) is 0 Å². The lowest BCUT2D eigenvalue weighted by molar-refractivity contribution is 0.384. The number of benzene rings is 4. The molecule has 0 amide bonds. The van der Waals surface area contributed by atoms with Crippen LogP contribution in [0.5, 0.6) is 5.75 Å². The summed E-state index contributed by atoms with van der Waals surface area (Å²) in [5, 5.41) is 6.05. The summed E-state index contributed by atoms with van der Waals surface area (Å²) in [6.45, 7) is 6.39. The van der Waals surface area contributed by atoms with Gasteiger partial charge >= 0.3 is 0 Å². The molecule has 17 heteroatoms. The number of nitrogens with zero attached hydrogens (tertiary/aromatic N) is 6. The van der Waals surface area contributed by atoms with Crippen LogP contribution in [-0.4, -0.2) is 94.9 Å². The van der Waals surface area contributed by atoms with Gasteiger partial charge < -0.3 is 14.5 Å². The Morgan fingerprint density at radius 1 is 0.610 bits per heavy atom. The number of rotatable bonds is 11. The van der Waals surface area contributed by atoms with Crippen molar-refractivity contribution in [2.24, 2.45) is 0 Å². The third kappa shape index (κ3) is 10.4. The smallest absolute Gasteiger partial charge is 0.244 e. The Labute approximate surface area is 371 Å². The fraction of sp³-hybridized carbons (Fsp3) is 0.286. The average molecular weight is 1000 g/mol. The second-order valence-corrected chi connectivity index (χ2v) is 21.2. The average Bonchev–Trinajstić information content (AvgIpc) is 3.92. The molecule has 0 bridgehead atoms. The molecule has 0 radical (unpaired) electrons. The first-order valence-corrected chi connectivity index (χ1v) is 25.2. The van der Waals surface area contributed by atoms with Gasteiger partial charge in [-0.1, -0.05) is 72.3 Å². The lowest BCUT2D eigenvalue weighted by atomic mass is 10.1. The first-order chi connectivity index (χ1) is 28.4. The summed E-state index contributed by atoms with van der Waals surface area (Å²) in [6, 6.07) is 30.3. The first-order valence-electron chi connectivity index (χ1n) is 19.0. The predicted octanol–water partition coefficient (Wildman–Crippen LogP) is 8.33. The van der Waals surface area contributed by atoms with Gasteiger partial charge in [-0.05, 0) is 74.7 Å². The molecule has 11 nitrogen and oxygen atoms in total. The first kappa shape index (κ1) is 43.4. The van der Waals surface area contributed by atoms with Crippen LogP contribution in [0.2, 0.25) is 0 Å². The Hall–Kier alpha value is -3.68. The zero-order valence-electron chi connectivity index (χ0n) is 32.6. The minimum atomic E-state index is -3.51. The van der Waals surface area contributed by atoms with Crippen molar-refractivity contribution in [2.75, 3.05) is 69.3 Å². The number of hydrogen-bond acceptors (Lipinski definition) is 11. The van der Waals surface area contributed by atoms with Crippen LogP contribution in [0.15, 0.2) is 127 Å². The molecule has 59 heavy (non-hydrogen) atoms. The standard InChI is InChI=1S/C21H22BrN3O3S2.C21H22BrN3O2S2/c1-28-19-8-4-2-6-16(19)14-17-15-29-21(23-17)24-10-12-25(13-11-24)30(26,27)20-9-5-3-7-18(20)22;1-16-5-4-6-17(13-16)14-18-15-28-21(23-18)24-9-11-25(12-10-24)29(26,27)20-8-3-2-7-19(20)22/h2-9,15H,10-14H2,1H3;2-8,13,15H,9-12,14H2,1H3. The number of halogens is 2. The van der Waals surface area contributed by atoms with Gasteiger partial charge in [0.15, 0.2) is 10.3 Å². The number of thiazole rings is 2. The molecule has 6 aromatic rings.